The molecule has 0 saturated carbocycles. The minimum atomic E-state index is -1.06. The Morgan fingerprint density at radius 3 is 1.30 bits per heavy atom. The number of esters is 3. The summed E-state index contributed by atoms with van der Waals surface area (Å²) in [6.07, 6.45) is 11.9. The van der Waals surface area contributed by atoms with Gasteiger partial charge < -0.3 is 59.7 Å². The average Bonchev–Trinajstić information content (AvgIpc) is 0.989. The lowest BCUT2D eigenvalue weighted by molar-refractivity contribution is -0.139. The van der Waals surface area contributed by atoms with Crippen molar-refractivity contribution in [2.24, 2.45) is 15.0 Å². The smallest absolute Gasteiger partial charge is 0.338 e. The number of aliphatic imine (C=N–C) groups is 3. The van der Waals surface area contributed by atoms with E-state index in [9.17, 15) is 41.9 Å². The standard InChI is InChI=1S/C24H24BrFN4O5S.2C24H24ClFN4O5S/c1-2-34-24(33)20-18(13-30-8-9-35-15(12-30)4-6-19(31)32)28-22(23-27-7-10-36-23)29-21(20)16-5-3-14(26)11-17(16)25;1-2-35-24(33)20-18(12-30-8-9-34-13-15(30)4-6-19(31)32)28-22(23-27-7-10-36-23)29-21(20)16-5-3-14(26)11-17(16)25;1-2-34-24(33)20-18(13-30-8-9-35-15(12-30)4-6-19(31)32)28-22(23-27-7-10-36-23)29-21(20)16-5-3-14(26)11-17(16)25/h3*3-7,10-11,15,21H,2,8-9,12-13H2,1H3,(H,28,29)(H,31,32)/b3*6-4+/t3*15?,21-/m000/s1. The second-order valence-electron chi connectivity index (χ2n) is 23.9. The van der Waals surface area contributed by atoms with Gasteiger partial charge in [0, 0.05) is 148 Å². The van der Waals surface area contributed by atoms with Crippen LogP contribution in [0.2, 0.25) is 10.0 Å². The number of amidine groups is 3. The number of hydrogen-bond donors (Lipinski definition) is 6. The van der Waals surface area contributed by atoms with Crippen molar-refractivity contribution < 1.29 is 85.7 Å². The van der Waals surface area contributed by atoms with Crippen LogP contribution in [0.25, 0.3) is 0 Å². The molecule has 6 atom stereocenters. The molecule has 6 aromatic rings. The highest BCUT2D eigenvalue weighted by Gasteiger charge is 2.40. The molecule has 3 fully saturated rings. The summed E-state index contributed by atoms with van der Waals surface area (Å²) in [7, 11) is 0. The Labute approximate surface area is 647 Å². The number of halogens is 6. The van der Waals surface area contributed by atoms with Gasteiger partial charge in [-0.1, -0.05) is 63.4 Å². The Morgan fingerprint density at radius 2 is 0.926 bits per heavy atom. The molecule has 3 unspecified atom stereocenters. The first-order valence-electron chi connectivity index (χ1n) is 33.6. The Hall–Kier alpha value is -9.17. The number of morpholine rings is 3. The highest BCUT2D eigenvalue weighted by molar-refractivity contribution is 9.10. The minimum Gasteiger partial charge on any atom is -0.478 e. The third-order valence-electron chi connectivity index (χ3n) is 16.7. The zero-order valence-corrected chi connectivity index (χ0v) is 63.5. The molecule has 3 aromatic heterocycles. The Bertz CT molecular complexity index is 4360. The molecular formula is C72H72BrCl2F3N12O15S3. The lowest BCUT2D eigenvalue weighted by Crippen LogP contribution is -2.48. The molecular weight excluding hydrogens is 1580 g/mol. The normalized spacial score (nSPS) is 20.8. The van der Waals surface area contributed by atoms with Crippen LogP contribution >= 0.6 is 73.1 Å². The summed E-state index contributed by atoms with van der Waals surface area (Å²) in [4.78, 5) is 106. The number of aromatic nitrogens is 3. The molecule has 3 aromatic carbocycles. The monoisotopic (exact) mass is 1650 g/mol. The van der Waals surface area contributed by atoms with Gasteiger partial charge in [-0.3, -0.25) is 29.7 Å². The van der Waals surface area contributed by atoms with Crippen molar-refractivity contribution >= 4 is 126 Å². The number of hydrogen-bond acceptors (Lipinski definition) is 27. The summed E-state index contributed by atoms with van der Waals surface area (Å²) in [5, 5.41) is 44.3. The van der Waals surface area contributed by atoms with E-state index in [2.05, 4.69) is 51.7 Å². The van der Waals surface area contributed by atoms with Crippen LogP contribution in [0.15, 0.2) is 179 Å². The number of carbonyl (C=O) groups excluding carboxylic acids is 3. The third kappa shape index (κ3) is 21.8. The summed E-state index contributed by atoms with van der Waals surface area (Å²) >= 11 is 20.4. The van der Waals surface area contributed by atoms with Gasteiger partial charge in [-0.05, 0) is 74.9 Å². The number of benzene rings is 3. The van der Waals surface area contributed by atoms with Crippen LogP contribution in [0.3, 0.4) is 0 Å². The maximum absolute atomic E-state index is 13.9. The van der Waals surface area contributed by atoms with E-state index in [1.165, 1.54) is 94.7 Å². The molecule has 9 heterocycles. The second kappa shape index (κ2) is 39.3. The molecule has 27 nitrogen and oxygen atoms in total. The Kier molecular flexibility index (Phi) is 29.6. The van der Waals surface area contributed by atoms with Gasteiger partial charge in [-0.2, -0.15) is 0 Å². The molecule has 6 aliphatic rings. The molecule has 6 N–H and O–H groups in total. The number of carboxylic acid groups (broad SMARTS) is 3. The van der Waals surface area contributed by atoms with Gasteiger partial charge >= 0.3 is 35.8 Å². The van der Waals surface area contributed by atoms with Gasteiger partial charge in [0.05, 0.1) is 81.2 Å². The predicted molar refractivity (Wildman–Crippen MR) is 400 cm³/mol. The fourth-order valence-electron chi connectivity index (χ4n) is 11.9. The van der Waals surface area contributed by atoms with Crippen LogP contribution in [0.4, 0.5) is 13.2 Å². The van der Waals surface area contributed by atoms with E-state index in [1.807, 2.05) is 20.6 Å². The summed E-state index contributed by atoms with van der Waals surface area (Å²) in [5.74, 6) is -4.90. The van der Waals surface area contributed by atoms with Crippen LogP contribution < -0.4 is 16.0 Å². The van der Waals surface area contributed by atoms with Crippen LogP contribution in [0.5, 0.6) is 0 Å². The topological polar surface area (TPSA) is 340 Å². The number of carbonyl (C=O) groups is 6. The first kappa shape index (κ1) is 81.3. The van der Waals surface area contributed by atoms with Gasteiger partial charge in [0.1, 0.15) is 35.6 Å². The minimum absolute atomic E-state index is 0.124. The van der Waals surface area contributed by atoms with Gasteiger partial charge in [0.2, 0.25) is 0 Å². The maximum atomic E-state index is 13.9. The number of rotatable bonds is 24. The number of ether oxygens (including phenoxy) is 6. The lowest BCUT2D eigenvalue weighted by Gasteiger charge is -2.36. The van der Waals surface area contributed by atoms with E-state index < -0.39 is 83.6 Å². The number of aliphatic carboxylic acids is 3. The zero-order chi connectivity index (χ0) is 77.0. The van der Waals surface area contributed by atoms with Crippen LogP contribution in [0, 0.1) is 17.5 Å². The van der Waals surface area contributed by atoms with Crippen LogP contribution in [0.1, 0.15) is 70.6 Å². The van der Waals surface area contributed by atoms with Crippen molar-refractivity contribution in [3.05, 3.63) is 223 Å². The van der Waals surface area contributed by atoms with Crippen LogP contribution in [-0.4, -0.2) is 215 Å². The molecule has 6 aliphatic heterocycles. The molecule has 3 saturated heterocycles. The maximum Gasteiger partial charge on any atom is 0.338 e. The number of nitrogens with zero attached hydrogens (tertiary/aromatic N) is 9. The lowest BCUT2D eigenvalue weighted by atomic mass is 9.95. The summed E-state index contributed by atoms with van der Waals surface area (Å²) in [6.45, 7) is 10.5. The number of nitrogens with one attached hydrogen (secondary N) is 3. The fourth-order valence-corrected chi connectivity index (χ4v) is 14.8. The molecule has 36 heteroatoms. The highest BCUT2D eigenvalue weighted by Crippen LogP contribution is 2.41. The van der Waals surface area contributed by atoms with Crippen molar-refractivity contribution in [3.8, 4) is 0 Å². The van der Waals surface area contributed by atoms with Crippen molar-refractivity contribution in [2.75, 3.05) is 98.6 Å². The Morgan fingerprint density at radius 1 is 0.546 bits per heavy atom. The van der Waals surface area contributed by atoms with E-state index in [4.69, 9.17) is 81.9 Å². The molecule has 0 aliphatic carbocycles. The van der Waals surface area contributed by atoms with Crippen molar-refractivity contribution in [2.45, 2.75) is 57.1 Å². The largest absolute Gasteiger partial charge is 0.478 e. The van der Waals surface area contributed by atoms with E-state index in [0.29, 0.717) is 149 Å². The molecule has 570 valence electrons. The quantitative estimate of drug-likeness (QED) is 0.0186. The highest BCUT2D eigenvalue weighted by atomic mass is 79.9. The Balaban J connectivity index is 0.000000173. The third-order valence-corrected chi connectivity index (χ3v) is 20.3. The fraction of sp³-hybridized carbons (Fsp3) is 0.333. The van der Waals surface area contributed by atoms with E-state index in [-0.39, 0.29) is 53.6 Å². The van der Waals surface area contributed by atoms with E-state index in [0.717, 1.165) is 18.2 Å². The van der Waals surface area contributed by atoms with Gasteiger partial charge in [-0.15, -0.1) is 34.0 Å². The SMILES string of the molecule is CCOC(=O)C1=C(CN2CCOC(/C=C/C(=O)O)C2)NC(c2nccs2)=N[C@H]1c1ccc(F)cc1Br.CCOC(=O)C1=C(CN2CCOC(/C=C/C(=O)O)C2)NC(c2nccs2)=N[C@H]1c1ccc(F)cc1Cl.CCOC(=O)C1=C(CN2CCOCC2/C=C/C(=O)O)NC(c2nccs2)=N[C@H]1c1ccc(F)cc1Cl. The molecule has 108 heavy (non-hydrogen) atoms. The van der Waals surface area contributed by atoms with Gasteiger partial charge in [0.25, 0.3) is 0 Å². The van der Waals surface area contributed by atoms with Gasteiger partial charge in [-0.25, -0.2) is 56.9 Å². The van der Waals surface area contributed by atoms with Crippen molar-refractivity contribution in [3.63, 3.8) is 0 Å². The number of thiazole rings is 3. The van der Waals surface area contributed by atoms with Crippen molar-refractivity contribution in [1.29, 1.82) is 0 Å². The van der Waals surface area contributed by atoms with Gasteiger partial charge in [0.15, 0.2) is 32.5 Å². The number of carboxylic acids is 3. The second-order valence-corrected chi connectivity index (χ2v) is 28.2. The summed E-state index contributed by atoms with van der Waals surface area (Å²) in [6, 6.07) is 9.33. The van der Waals surface area contributed by atoms with Crippen molar-refractivity contribution in [1.82, 2.24) is 45.6 Å². The molecule has 12 rings (SSSR count). The van der Waals surface area contributed by atoms with Crippen LogP contribution in [-0.2, 0) is 57.2 Å². The molecule has 0 radical (unpaired) electrons. The molecule has 0 bridgehead atoms. The first-order chi connectivity index (χ1) is 52.1. The van der Waals surface area contributed by atoms with E-state index >= 15 is 0 Å². The zero-order valence-electron chi connectivity index (χ0n) is 58.0. The summed E-state index contributed by atoms with van der Waals surface area (Å²) in [5.41, 5.74) is 3.95. The first-order valence-corrected chi connectivity index (χ1v) is 37.8. The predicted octanol–water partition coefficient (Wildman–Crippen LogP) is 9.67. The van der Waals surface area contributed by atoms with E-state index in [1.54, 1.807) is 56.9 Å². The average molecular weight is 1650 g/mol. The molecule has 0 spiro atoms. The molecule has 0 amide bonds. The summed E-state index contributed by atoms with van der Waals surface area (Å²) < 4.78 is 75.0.